The largest absolute Gasteiger partial charge is 0.350 e. The number of fused-ring (bicyclic) bond motifs is 1. The summed E-state index contributed by atoms with van der Waals surface area (Å²) in [5.41, 5.74) is 8.88. The van der Waals surface area contributed by atoms with Gasteiger partial charge in [-0.25, -0.2) is 0 Å². The van der Waals surface area contributed by atoms with E-state index >= 15 is 0 Å². The molecule has 25 heavy (non-hydrogen) atoms. The number of carbonyl (C=O) groups is 2. The van der Waals surface area contributed by atoms with Crippen LogP contribution < -0.4 is 16.4 Å². The molecule has 6 heteroatoms. The predicted molar refractivity (Wildman–Crippen MR) is 102 cm³/mol. The molecule has 1 aliphatic heterocycles. The molecular formula is C19H28ClN3O2. The average Bonchev–Trinajstić information content (AvgIpc) is 2.94. The average molecular weight is 366 g/mol. The Balaban J connectivity index is 0.00000225. The molecule has 0 aromatic heterocycles. The van der Waals surface area contributed by atoms with Crippen molar-refractivity contribution >= 4 is 29.9 Å². The monoisotopic (exact) mass is 365 g/mol. The molecule has 5 nitrogen and oxygen atoms in total. The summed E-state index contributed by atoms with van der Waals surface area (Å²) in [6, 6.07) is 5.82. The lowest BCUT2D eigenvalue weighted by atomic mass is 9.71. The molecule has 0 spiro atoms. The highest BCUT2D eigenvalue weighted by Crippen LogP contribution is 2.38. The molecule has 0 radical (unpaired) electrons. The minimum Gasteiger partial charge on any atom is -0.350 e. The number of nitrogens with one attached hydrogen (secondary N) is 2. The fraction of sp³-hybridized carbons (Fsp3) is 0.579. The van der Waals surface area contributed by atoms with E-state index in [1.807, 2.05) is 25.1 Å². The highest BCUT2D eigenvalue weighted by atomic mass is 35.5. The Morgan fingerprint density at radius 2 is 2.04 bits per heavy atom. The predicted octanol–water partition coefficient (Wildman–Crippen LogP) is 3.08. The van der Waals surface area contributed by atoms with Crippen molar-refractivity contribution in [3.8, 4) is 0 Å². The summed E-state index contributed by atoms with van der Waals surface area (Å²) in [5.74, 6) is 0.102. The molecule has 3 rings (SSSR count). The zero-order valence-corrected chi connectivity index (χ0v) is 15.6. The Labute approximate surface area is 155 Å². The summed E-state index contributed by atoms with van der Waals surface area (Å²) in [6.07, 6.45) is 6.63. The van der Waals surface area contributed by atoms with Crippen LogP contribution in [0.4, 0.5) is 5.69 Å². The lowest BCUT2D eigenvalue weighted by Gasteiger charge is -2.36. The number of rotatable bonds is 5. The molecule has 0 saturated heterocycles. The first-order chi connectivity index (χ1) is 11.5. The Hall–Kier alpha value is -1.59. The standard InChI is InChI=1S/C19H27N3O2.ClH/c1-13(14-5-6-16-15(9-14)10-17(23)22-16)21-18(24)11-19(12-20)7-3-2-4-8-19;/h5-6,9,13H,2-4,7-8,10-12,20H2,1H3,(H,21,24)(H,22,23);1H. The van der Waals surface area contributed by atoms with E-state index in [0.29, 0.717) is 19.4 Å². The van der Waals surface area contributed by atoms with Crippen LogP contribution in [0.15, 0.2) is 18.2 Å². The molecule has 4 N–H and O–H groups in total. The van der Waals surface area contributed by atoms with Gasteiger partial charge < -0.3 is 16.4 Å². The number of nitrogens with two attached hydrogens (primary N) is 1. The maximum absolute atomic E-state index is 12.5. The zero-order valence-electron chi connectivity index (χ0n) is 14.8. The van der Waals surface area contributed by atoms with Crippen molar-refractivity contribution in [2.45, 2.75) is 57.9 Å². The van der Waals surface area contributed by atoms with Crippen molar-refractivity contribution in [2.75, 3.05) is 11.9 Å². The van der Waals surface area contributed by atoms with Crippen LogP contribution in [-0.2, 0) is 16.0 Å². The van der Waals surface area contributed by atoms with Gasteiger partial charge in [0.15, 0.2) is 0 Å². The second kappa shape index (κ2) is 8.19. The first kappa shape index (κ1) is 19.7. The third-order valence-electron chi connectivity index (χ3n) is 5.51. The second-order valence-corrected chi connectivity index (χ2v) is 7.37. The Morgan fingerprint density at radius 3 is 2.72 bits per heavy atom. The summed E-state index contributed by atoms with van der Waals surface area (Å²) in [6.45, 7) is 2.57. The van der Waals surface area contributed by atoms with Gasteiger partial charge in [-0.3, -0.25) is 9.59 Å². The van der Waals surface area contributed by atoms with E-state index in [2.05, 4.69) is 10.6 Å². The summed E-state index contributed by atoms with van der Waals surface area (Å²) in [4.78, 5) is 24.0. The fourth-order valence-corrected chi connectivity index (χ4v) is 3.99. The normalized spacial score (nSPS) is 19.4. The molecule has 138 valence electrons. The molecule has 1 unspecified atom stereocenters. The lowest BCUT2D eigenvalue weighted by molar-refractivity contribution is -0.124. The van der Waals surface area contributed by atoms with Gasteiger partial charge in [0.05, 0.1) is 12.5 Å². The van der Waals surface area contributed by atoms with Crippen molar-refractivity contribution in [3.05, 3.63) is 29.3 Å². The van der Waals surface area contributed by atoms with Crippen molar-refractivity contribution < 1.29 is 9.59 Å². The summed E-state index contributed by atoms with van der Waals surface area (Å²) in [5, 5.41) is 5.94. The molecule has 1 heterocycles. The van der Waals surface area contributed by atoms with Gasteiger partial charge in [-0.15, -0.1) is 12.4 Å². The fourth-order valence-electron chi connectivity index (χ4n) is 3.99. The van der Waals surface area contributed by atoms with Crippen molar-refractivity contribution in [1.29, 1.82) is 0 Å². The van der Waals surface area contributed by atoms with Crippen molar-refractivity contribution in [3.63, 3.8) is 0 Å². The summed E-state index contributed by atoms with van der Waals surface area (Å²) < 4.78 is 0. The van der Waals surface area contributed by atoms with Gasteiger partial charge in [-0.1, -0.05) is 31.4 Å². The van der Waals surface area contributed by atoms with Crippen molar-refractivity contribution in [2.24, 2.45) is 11.1 Å². The Morgan fingerprint density at radius 1 is 1.32 bits per heavy atom. The maximum atomic E-state index is 12.5. The highest BCUT2D eigenvalue weighted by Gasteiger charge is 2.33. The van der Waals surface area contributed by atoms with Crippen LogP contribution in [0.1, 0.15) is 62.6 Å². The van der Waals surface area contributed by atoms with Crippen LogP contribution in [-0.4, -0.2) is 18.4 Å². The number of anilines is 1. The van der Waals surface area contributed by atoms with E-state index in [1.54, 1.807) is 0 Å². The Kier molecular flexibility index (Phi) is 6.47. The van der Waals surface area contributed by atoms with Crippen LogP contribution >= 0.6 is 12.4 Å². The van der Waals surface area contributed by atoms with Crippen LogP contribution in [0.25, 0.3) is 0 Å². The number of amides is 2. The Bertz CT molecular complexity index is 642. The topological polar surface area (TPSA) is 84.2 Å². The number of halogens is 1. The van der Waals surface area contributed by atoms with Crippen LogP contribution in [0, 0.1) is 5.41 Å². The molecule has 1 aromatic rings. The molecule has 1 saturated carbocycles. The first-order valence-electron chi connectivity index (χ1n) is 8.93. The third kappa shape index (κ3) is 4.53. The zero-order chi connectivity index (χ0) is 17.2. The van der Waals surface area contributed by atoms with Crippen LogP contribution in [0.5, 0.6) is 0 Å². The SMILES string of the molecule is CC(NC(=O)CC1(CN)CCCCC1)c1ccc2c(c1)CC(=O)N2.Cl. The summed E-state index contributed by atoms with van der Waals surface area (Å²) in [7, 11) is 0. The van der Waals surface area contributed by atoms with E-state index in [4.69, 9.17) is 5.73 Å². The molecule has 2 amide bonds. The number of hydrogen-bond donors (Lipinski definition) is 3. The number of hydrogen-bond acceptors (Lipinski definition) is 3. The molecule has 1 aromatic carbocycles. The van der Waals surface area contributed by atoms with E-state index < -0.39 is 0 Å². The van der Waals surface area contributed by atoms with Gasteiger partial charge in [0.25, 0.3) is 0 Å². The van der Waals surface area contributed by atoms with E-state index in [0.717, 1.165) is 29.7 Å². The molecule has 1 fully saturated rings. The lowest BCUT2D eigenvalue weighted by Crippen LogP contribution is -2.39. The van der Waals surface area contributed by atoms with E-state index in [1.165, 1.54) is 19.3 Å². The van der Waals surface area contributed by atoms with Gasteiger partial charge in [-0.05, 0) is 48.9 Å². The van der Waals surface area contributed by atoms with Gasteiger partial charge in [-0.2, -0.15) is 0 Å². The van der Waals surface area contributed by atoms with E-state index in [9.17, 15) is 9.59 Å². The van der Waals surface area contributed by atoms with E-state index in [-0.39, 0.29) is 35.7 Å². The van der Waals surface area contributed by atoms with Crippen LogP contribution in [0.2, 0.25) is 0 Å². The highest BCUT2D eigenvalue weighted by molar-refractivity contribution is 5.99. The maximum Gasteiger partial charge on any atom is 0.228 e. The minimum atomic E-state index is -0.0723. The molecule has 0 bridgehead atoms. The van der Waals surface area contributed by atoms with Gasteiger partial charge >= 0.3 is 0 Å². The van der Waals surface area contributed by atoms with Crippen molar-refractivity contribution in [1.82, 2.24) is 5.32 Å². The number of carbonyl (C=O) groups excluding carboxylic acids is 2. The smallest absolute Gasteiger partial charge is 0.228 e. The molecule has 2 aliphatic rings. The second-order valence-electron chi connectivity index (χ2n) is 7.37. The number of benzene rings is 1. The molecule has 1 aliphatic carbocycles. The third-order valence-corrected chi connectivity index (χ3v) is 5.51. The summed E-state index contributed by atoms with van der Waals surface area (Å²) >= 11 is 0. The van der Waals surface area contributed by atoms with Gasteiger partial charge in [0.2, 0.25) is 11.8 Å². The minimum absolute atomic E-state index is 0. The first-order valence-corrected chi connectivity index (χ1v) is 8.93. The molecular weight excluding hydrogens is 338 g/mol. The molecule has 1 atom stereocenters. The quantitative estimate of drug-likeness (QED) is 0.749. The van der Waals surface area contributed by atoms with Crippen LogP contribution in [0.3, 0.4) is 0 Å². The van der Waals surface area contributed by atoms with Gasteiger partial charge in [0, 0.05) is 12.1 Å². The van der Waals surface area contributed by atoms with Gasteiger partial charge in [0.1, 0.15) is 0 Å².